The van der Waals surface area contributed by atoms with Crippen LogP contribution in [0.4, 0.5) is 0 Å². The van der Waals surface area contributed by atoms with Crippen LogP contribution in [-0.4, -0.2) is 35.3 Å². The molecular formula is C17H30N2O2. The summed E-state index contributed by atoms with van der Waals surface area (Å²) in [6.07, 6.45) is 9.57. The van der Waals surface area contributed by atoms with Crippen LogP contribution in [0.25, 0.3) is 0 Å². The predicted octanol–water partition coefficient (Wildman–Crippen LogP) is 2.86. The van der Waals surface area contributed by atoms with E-state index in [1.807, 2.05) is 4.90 Å². The maximum atomic E-state index is 12.9. The van der Waals surface area contributed by atoms with Gasteiger partial charge in [0.15, 0.2) is 0 Å². The van der Waals surface area contributed by atoms with Crippen molar-refractivity contribution in [1.82, 2.24) is 10.2 Å². The molecule has 4 nitrogen and oxygen atoms in total. The first-order chi connectivity index (χ1) is 10.1. The molecule has 1 saturated heterocycles. The van der Waals surface area contributed by atoms with E-state index in [0.717, 1.165) is 32.1 Å². The fourth-order valence-corrected chi connectivity index (χ4v) is 3.70. The lowest BCUT2D eigenvalue weighted by atomic mass is 9.83. The van der Waals surface area contributed by atoms with Gasteiger partial charge >= 0.3 is 0 Å². The summed E-state index contributed by atoms with van der Waals surface area (Å²) < 4.78 is 0. The van der Waals surface area contributed by atoms with E-state index in [-0.39, 0.29) is 23.9 Å². The zero-order chi connectivity index (χ0) is 15.2. The molecule has 1 saturated carbocycles. The molecule has 1 heterocycles. The molecule has 2 rings (SSSR count). The normalized spacial score (nSPS) is 26.4. The number of rotatable bonds is 5. The van der Waals surface area contributed by atoms with Crippen molar-refractivity contribution in [1.29, 1.82) is 0 Å². The molecule has 0 spiro atoms. The molecule has 0 aromatic carbocycles. The number of carbonyl (C=O) groups excluding carboxylic acids is 2. The second-order valence-corrected chi connectivity index (χ2v) is 6.72. The first-order valence-electron chi connectivity index (χ1n) is 8.73. The van der Waals surface area contributed by atoms with E-state index in [2.05, 4.69) is 19.2 Å². The molecule has 0 aromatic rings. The van der Waals surface area contributed by atoms with Gasteiger partial charge in [-0.3, -0.25) is 9.59 Å². The predicted molar refractivity (Wildman–Crippen MR) is 83.8 cm³/mol. The lowest BCUT2D eigenvalue weighted by Crippen LogP contribution is -2.51. The highest BCUT2D eigenvalue weighted by Gasteiger charge is 2.37. The molecule has 2 fully saturated rings. The number of amides is 2. The van der Waals surface area contributed by atoms with Gasteiger partial charge in [0, 0.05) is 19.0 Å². The molecule has 1 N–H and O–H groups in total. The number of hydrogen-bond donors (Lipinski definition) is 1. The third-order valence-electron chi connectivity index (χ3n) is 5.07. The summed E-state index contributed by atoms with van der Waals surface area (Å²) in [6, 6.07) is -0.0272. The molecule has 2 amide bonds. The monoisotopic (exact) mass is 294 g/mol. The Morgan fingerprint density at radius 1 is 1.24 bits per heavy atom. The van der Waals surface area contributed by atoms with Gasteiger partial charge in [0.2, 0.25) is 11.8 Å². The smallest absolute Gasteiger partial charge is 0.245 e. The van der Waals surface area contributed by atoms with Crippen LogP contribution in [0.2, 0.25) is 0 Å². The summed E-state index contributed by atoms with van der Waals surface area (Å²) in [4.78, 5) is 26.8. The van der Waals surface area contributed by atoms with Gasteiger partial charge in [0.25, 0.3) is 0 Å². The number of hydrogen-bond acceptors (Lipinski definition) is 2. The molecule has 0 bridgehead atoms. The summed E-state index contributed by atoms with van der Waals surface area (Å²) in [5.41, 5.74) is 0. The third-order valence-corrected chi connectivity index (χ3v) is 5.07. The highest BCUT2D eigenvalue weighted by Crippen LogP contribution is 2.29. The maximum absolute atomic E-state index is 12.9. The summed E-state index contributed by atoms with van der Waals surface area (Å²) >= 11 is 0. The summed E-state index contributed by atoms with van der Waals surface area (Å²) in [6.45, 7) is 4.88. The molecular weight excluding hydrogens is 264 g/mol. The van der Waals surface area contributed by atoms with Crippen LogP contribution in [0.1, 0.15) is 71.6 Å². The Labute approximate surface area is 128 Å². The van der Waals surface area contributed by atoms with Crippen molar-refractivity contribution in [2.75, 3.05) is 6.54 Å². The Hall–Kier alpha value is -1.06. The average molecular weight is 294 g/mol. The topological polar surface area (TPSA) is 49.4 Å². The minimum absolute atomic E-state index is 0.0455. The van der Waals surface area contributed by atoms with Crippen molar-refractivity contribution in [3.8, 4) is 0 Å². The second-order valence-electron chi connectivity index (χ2n) is 6.72. The van der Waals surface area contributed by atoms with Gasteiger partial charge in [-0.25, -0.2) is 0 Å². The maximum Gasteiger partial charge on any atom is 0.245 e. The largest absolute Gasteiger partial charge is 0.344 e. The van der Waals surface area contributed by atoms with Crippen LogP contribution >= 0.6 is 0 Å². The molecule has 2 unspecified atom stereocenters. The fraction of sp³-hybridized carbons (Fsp3) is 0.882. The van der Waals surface area contributed by atoms with Crippen LogP contribution < -0.4 is 5.32 Å². The van der Waals surface area contributed by atoms with Crippen LogP contribution in [0.5, 0.6) is 0 Å². The summed E-state index contributed by atoms with van der Waals surface area (Å²) in [7, 11) is 0. The van der Waals surface area contributed by atoms with Gasteiger partial charge in [-0.05, 0) is 32.1 Å². The molecule has 4 heteroatoms. The fourth-order valence-electron chi connectivity index (χ4n) is 3.70. The average Bonchev–Trinajstić information content (AvgIpc) is 2.65. The van der Waals surface area contributed by atoms with Gasteiger partial charge in [0.05, 0.1) is 0 Å². The number of nitrogens with one attached hydrogen (secondary N) is 1. The van der Waals surface area contributed by atoms with Crippen molar-refractivity contribution in [3.05, 3.63) is 0 Å². The van der Waals surface area contributed by atoms with Crippen molar-refractivity contribution < 1.29 is 9.59 Å². The zero-order valence-corrected chi connectivity index (χ0v) is 13.6. The van der Waals surface area contributed by atoms with Crippen LogP contribution in [0.15, 0.2) is 0 Å². The van der Waals surface area contributed by atoms with Crippen molar-refractivity contribution in [3.63, 3.8) is 0 Å². The lowest BCUT2D eigenvalue weighted by molar-refractivity contribution is -0.137. The second kappa shape index (κ2) is 7.81. The van der Waals surface area contributed by atoms with Gasteiger partial charge in [-0.15, -0.1) is 0 Å². The Balaban J connectivity index is 2.07. The highest BCUT2D eigenvalue weighted by atomic mass is 16.2. The number of nitrogens with zero attached hydrogens (tertiary/aromatic N) is 1. The van der Waals surface area contributed by atoms with Crippen molar-refractivity contribution in [2.45, 2.75) is 83.7 Å². The van der Waals surface area contributed by atoms with E-state index >= 15 is 0 Å². The van der Waals surface area contributed by atoms with Crippen LogP contribution in [-0.2, 0) is 9.59 Å². The Bertz CT molecular complexity index is 364. The first-order valence-corrected chi connectivity index (χ1v) is 8.73. The molecule has 1 aliphatic carbocycles. The Morgan fingerprint density at radius 2 is 1.95 bits per heavy atom. The van der Waals surface area contributed by atoms with E-state index in [1.54, 1.807) is 0 Å². The molecule has 0 aromatic heterocycles. The third kappa shape index (κ3) is 4.21. The minimum atomic E-state index is -0.274. The lowest BCUT2D eigenvalue weighted by Gasteiger charge is -2.34. The van der Waals surface area contributed by atoms with E-state index in [9.17, 15) is 9.59 Å². The molecule has 21 heavy (non-hydrogen) atoms. The van der Waals surface area contributed by atoms with E-state index in [4.69, 9.17) is 0 Å². The summed E-state index contributed by atoms with van der Waals surface area (Å²) in [5, 5.41) is 3.01. The van der Waals surface area contributed by atoms with E-state index in [0.29, 0.717) is 18.9 Å². The van der Waals surface area contributed by atoms with Crippen molar-refractivity contribution in [2.24, 2.45) is 5.92 Å². The van der Waals surface area contributed by atoms with Crippen LogP contribution in [0, 0.1) is 5.92 Å². The van der Waals surface area contributed by atoms with Gasteiger partial charge in [-0.2, -0.15) is 0 Å². The van der Waals surface area contributed by atoms with Gasteiger partial charge in [0.1, 0.15) is 6.04 Å². The standard InChI is InChI=1S/C17H30N2O2/c1-3-4-8-13(2)19-12-11-15(20)18-16(17(19)21)14-9-6-5-7-10-14/h13-14,16H,3-12H2,1-2H3,(H,18,20). The van der Waals surface area contributed by atoms with Gasteiger partial charge in [-0.1, -0.05) is 39.0 Å². The van der Waals surface area contributed by atoms with E-state index < -0.39 is 0 Å². The highest BCUT2D eigenvalue weighted by molar-refractivity contribution is 5.90. The Morgan fingerprint density at radius 3 is 2.62 bits per heavy atom. The first kappa shape index (κ1) is 16.3. The molecule has 1 aliphatic heterocycles. The van der Waals surface area contributed by atoms with E-state index in [1.165, 1.54) is 19.3 Å². The summed E-state index contributed by atoms with van der Waals surface area (Å²) in [5.74, 6) is 0.551. The molecule has 2 atom stereocenters. The SMILES string of the molecule is CCCCC(C)N1CCC(=O)NC(C2CCCCC2)C1=O. The minimum Gasteiger partial charge on any atom is -0.344 e. The molecule has 0 radical (unpaired) electrons. The quantitative estimate of drug-likeness (QED) is 0.847. The molecule has 2 aliphatic rings. The Kier molecular flexibility index (Phi) is 6.07. The van der Waals surface area contributed by atoms with Gasteiger partial charge < -0.3 is 10.2 Å². The van der Waals surface area contributed by atoms with Crippen molar-refractivity contribution >= 4 is 11.8 Å². The number of carbonyl (C=O) groups is 2. The van der Waals surface area contributed by atoms with Crippen LogP contribution in [0.3, 0.4) is 0 Å². The molecule has 120 valence electrons. The number of unbranched alkanes of at least 4 members (excludes halogenated alkanes) is 1. The zero-order valence-electron chi connectivity index (χ0n) is 13.6.